The molecule has 1 heterocycles. The molecule has 0 aromatic heterocycles. The van der Waals surface area contributed by atoms with E-state index in [1.165, 1.54) is 16.3 Å². The van der Waals surface area contributed by atoms with Gasteiger partial charge in [-0.1, -0.05) is 90.1 Å². The predicted octanol–water partition coefficient (Wildman–Crippen LogP) is 6.29. The Labute approximate surface area is 170 Å². The van der Waals surface area contributed by atoms with Crippen molar-refractivity contribution in [2.45, 2.75) is 63.7 Å². The second-order valence-electron chi connectivity index (χ2n) is 9.29. The lowest BCUT2D eigenvalue weighted by molar-refractivity contribution is 0.0949. The number of hydrogen-bond donors (Lipinski definition) is 1. The third-order valence-electron chi connectivity index (χ3n) is 7.28. The molecule has 0 fully saturated rings. The van der Waals surface area contributed by atoms with Crippen molar-refractivity contribution in [3.63, 3.8) is 0 Å². The first-order valence-corrected chi connectivity index (χ1v) is 12.7. The van der Waals surface area contributed by atoms with Gasteiger partial charge in [0.05, 0.1) is 8.07 Å². The third kappa shape index (κ3) is 2.23. The molecule has 1 amide bonds. The van der Waals surface area contributed by atoms with E-state index in [0.717, 1.165) is 11.1 Å². The Balaban J connectivity index is 2.10. The Bertz CT molecular complexity index is 950. The smallest absolute Gasteiger partial charge is 0.252 e. The predicted molar refractivity (Wildman–Crippen MR) is 120 cm³/mol. The van der Waals surface area contributed by atoms with Gasteiger partial charge in [0.25, 0.3) is 5.91 Å². The van der Waals surface area contributed by atoms with Crippen molar-refractivity contribution >= 4 is 20.1 Å². The zero-order chi connectivity index (χ0) is 20.3. The molecule has 0 bridgehead atoms. The Hall–Kier alpha value is -2.13. The fourth-order valence-electron chi connectivity index (χ4n) is 6.49. The summed E-state index contributed by atoms with van der Waals surface area (Å²) in [6.45, 7) is 14.4. The summed E-state index contributed by atoms with van der Waals surface area (Å²) in [5, 5.41) is 4.98. The summed E-state index contributed by atoms with van der Waals surface area (Å²) in [4.78, 5) is 13.1. The molecule has 0 saturated carbocycles. The van der Waals surface area contributed by atoms with E-state index in [2.05, 4.69) is 89.3 Å². The lowest BCUT2D eigenvalue weighted by Crippen LogP contribution is -2.56. The number of rotatable bonds is 4. The first-order chi connectivity index (χ1) is 13.3. The summed E-state index contributed by atoms with van der Waals surface area (Å²) in [6.07, 6.45) is 2.43. The number of fused-ring (bicyclic) bond motifs is 4. The number of nitrogens with one attached hydrogen (secondary N) is 1. The molecular weight excluding hydrogens is 358 g/mol. The van der Waals surface area contributed by atoms with Crippen LogP contribution in [0, 0.1) is 0 Å². The molecule has 4 rings (SSSR count). The van der Waals surface area contributed by atoms with E-state index < -0.39 is 13.6 Å². The van der Waals surface area contributed by atoms with E-state index in [9.17, 15) is 4.79 Å². The van der Waals surface area contributed by atoms with E-state index in [1.807, 2.05) is 12.1 Å². The average Bonchev–Trinajstić information content (AvgIpc) is 3.12. The van der Waals surface area contributed by atoms with Crippen LogP contribution in [-0.2, 0) is 5.54 Å². The number of hydrogen-bond acceptors (Lipinski definition) is 1. The Kier molecular flexibility index (Phi) is 4.42. The van der Waals surface area contributed by atoms with Crippen LogP contribution in [0.2, 0.25) is 16.6 Å². The van der Waals surface area contributed by atoms with E-state index in [4.69, 9.17) is 0 Å². The molecule has 2 aliphatic rings. The van der Waals surface area contributed by atoms with Gasteiger partial charge < -0.3 is 5.32 Å². The molecule has 28 heavy (non-hydrogen) atoms. The lowest BCUT2D eigenvalue weighted by atomic mass is 9.85. The molecule has 146 valence electrons. The molecule has 1 atom stereocenters. The second kappa shape index (κ2) is 6.45. The minimum absolute atomic E-state index is 0.0531. The topological polar surface area (TPSA) is 29.1 Å². The van der Waals surface area contributed by atoms with Crippen LogP contribution < -0.4 is 5.32 Å². The summed E-state index contributed by atoms with van der Waals surface area (Å²) in [7, 11) is -1.98. The number of amides is 1. The molecule has 2 aromatic rings. The number of benzene rings is 2. The van der Waals surface area contributed by atoms with Gasteiger partial charge in [0, 0.05) is 5.56 Å². The van der Waals surface area contributed by atoms with Gasteiger partial charge in [-0.3, -0.25) is 4.79 Å². The van der Waals surface area contributed by atoms with Crippen molar-refractivity contribution in [2.75, 3.05) is 0 Å². The first-order valence-electron chi connectivity index (χ1n) is 10.5. The molecule has 1 unspecified atom stereocenters. The molecular formula is C25H31NOSi. The fraction of sp³-hybridized carbons (Fsp3) is 0.400. The molecule has 0 radical (unpaired) electrons. The van der Waals surface area contributed by atoms with Crippen molar-refractivity contribution in [1.29, 1.82) is 0 Å². The zero-order valence-corrected chi connectivity index (χ0v) is 18.8. The van der Waals surface area contributed by atoms with Gasteiger partial charge >= 0.3 is 0 Å². The SMILES string of the molecule is CC(C)[Si](C1=Cc2ccccc2C12NC(=O)c1ccccc12)(C(C)C)C(C)C. The molecule has 0 saturated heterocycles. The number of carbonyl (C=O) groups excluding carboxylic acids is 1. The van der Waals surface area contributed by atoms with Crippen LogP contribution in [0.1, 0.15) is 68.6 Å². The van der Waals surface area contributed by atoms with Crippen LogP contribution >= 0.6 is 0 Å². The number of carbonyl (C=O) groups is 1. The van der Waals surface area contributed by atoms with Crippen LogP contribution in [0.3, 0.4) is 0 Å². The highest BCUT2D eigenvalue weighted by atomic mass is 28.3. The highest BCUT2D eigenvalue weighted by molar-refractivity contribution is 6.91. The van der Waals surface area contributed by atoms with Crippen molar-refractivity contribution in [3.8, 4) is 0 Å². The Morgan fingerprint density at radius 2 is 1.32 bits per heavy atom. The minimum atomic E-state index is -1.98. The van der Waals surface area contributed by atoms with E-state index in [-0.39, 0.29) is 5.91 Å². The first kappa shape index (κ1) is 19.2. The van der Waals surface area contributed by atoms with Gasteiger partial charge in [-0.2, -0.15) is 0 Å². The molecule has 1 spiro atoms. The van der Waals surface area contributed by atoms with Crippen molar-refractivity contribution in [2.24, 2.45) is 0 Å². The Morgan fingerprint density at radius 1 is 0.786 bits per heavy atom. The lowest BCUT2D eigenvalue weighted by Gasteiger charge is -2.50. The van der Waals surface area contributed by atoms with Crippen molar-refractivity contribution in [1.82, 2.24) is 5.32 Å². The van der Waals surface area contributed by atoms with E-state index in [0.29, 0.717) is 16.6 Å². The summed E-state index contributed by atoms with van der Waals surface area (Å²) < 4.78 is 0. The van der Waals surface area contributed by atoms with Gasteiger partial charge in [-0.15, -0.1) is 0 Å². The van der Waals surface area contributed by atoms with Crippen molar-refractivity contribution < 1.29 is 4.79 Å². The highest BCUT2D eigenvalue weighted by Crippen LogP contribution is 2.59. The van der Waals surface area contributed by atoms with Crippen molar-refractivity contribution in [3.05, 3.63) is 76.0 Å². The maximum Gasteiger partial charge on any atom is 0.252 e. The zero-order valence-electron chi connectivity index (χ0n) is 17.8. The van der Waals surface area contributed by atoms with Crippen LogP contribution in [0.25, 0.3) is 6.08 Å². The minimum Gasteiger partial charge on any atom is -0.335 e. The van der Waals surface area contributed by atoms with Gasteiger partial charge in [0.1, 0.15) is 5.54 Å². The molecule has 1 aliphatic carbocycles. The second-order valence-corrected chi connectivity index (χ2v) is 15.2. The summed E-state index contributed by atoms with van der Waals surface area (Å²) in [5.74, 6) is 0.0531. The molecule has 2 nitrogen and oxygen atoms in total. The standard InChI is InChI=1S/C25H31NOSi/c1-16(2)28(17(3)4,18(5)6)23-15-19-11-7-9-13-21(19)25(23)22-14-10-8-12-20(22)24(27)26-25/h7-18H,1-6H3,(H,26,27). The normalized spacial score (nSPS) is 20.8. The highest BCUT2D eigenvalue weighted by Gasteiger charge is 2.59. The van der Waals surface area contributed by atoms with Crippen LogP contribution in [-0.4, -0.2) is 14.0 Å². The van der Waals surface area contributed by atoms with Gasteiger partial charge in [-0.05, 0) is 44.6 Å². The maximum absolute atomic E-state index is 13.1. The monoisotopic (exact) mass is 389 g/mol. The van der Waals surface area contributed by atoms with Crippen LogP contribution in [0.5, 0.6) is 0 Å². The van der Waals surface area contributed by atoms with Gasteiger partial charge in [0.2, 0.25) is 0 Å². The Morgan fingerprint density at radius 3 is 1.93 bits per heavy atom. The summed E-state index contributed by atoms with van der Waals surface area (Å²) in [5.41, 5.74) is 5.68. The molecule has 3 heteroatoms. The summed E-state index contributed by atoms with van der Waals surface area (Å²) in [6, 6.07) is 16.8. The average molecular weight is 390 g/mol. The fourth-order valence-corrected chi connectivity index (χ4v) is 13.7. The van der Waals surface area contributed by atoms with E-state index >= 15 is 0 Å². The van der Waals surface area contributed by atoms with Gasteiger partial charge in [0.15, 0.2) is 0 Å². The maximum atomic E-state index is 13.1. The molecule has 1 N–H and O–H groups in total. The third-order valence-corrected chi connectivity index (χ3v) is 14.5. The molecule has 2 aromatic carbocycles. The molecule has 1 aliphatic heterocycles. The summed E-state index contributed by atoms with van der Waals surface area (Å²) >= 11 is 0. The quantitative estimate of drug-likeness (QED) is 0.612. The van der Waals surface area contributed by atoms with Gasteiger partial charge in [-0.25, -0.2) is 0 Å². The van der Waals surface area contributed by atoms with Crippen LogP contribution in [0.4, 0.5) is 0 Å². The van der Waals surface area contributed by atoms with E-state index in [1.54, 1.807) is 0 Å². The van der Waals surface area contributed by atoms with Crippen LogP contribution in [0.15, 0.2) is 53.7 Å². The largest absolute Gasteiger partial charge is 0.335 e.